The smallest absolute Gasteiger partial charge is 0.231 e. The quantitative estimate of drug-likeness (QED) is 0.837. The molecule has 0 saturated heterocycles. The van der Waals surface area contributed by atoms with E-state index in [9.17, 15) is 4.79 Å². The number of hydrogen-bond donors (Lipinski definition) is 1. The van der Waals surface area contributed by atoms with E-state index in [0.29, 0.717) is 12.5 Å². The molecule has 1 N–H and O–H groups in total. The fraction of sp³-hybridized carbons (Fsp3) is 0.733. The lowest BCUT2D eigenvalue weighted by atomic mass is 9.91. The van der Waals surface area contributed by atoms with Crippen LogP contribution in [0.3, 0.4) is 0 Å². The highest BCUT2D eigenvalue weighted by atomic mass is 28.4. The van der Waals surface area contributed by atoms with Gasteiger partial charge in [0, 0.05) is 25.0 Å². The molecule has 21 heavy (non-hydrogen) atoms. The third kappa shape index (κ3) is 4.67. The average molecular weight is 312 g/mol. The van der Waals surface area contributed by atoms with Crippen molar-refractivity contribution in [1.82, 2.24) is 5.16 Å². The maximum Gasteiger partial charge on any atom is 0.231 e. The van der Waals surface area contributed by atoms with Crippen molar-refractivity contribution in [2.24, 2.45) is 0 Å². The standard InChI is InChI=1S/C15H28N2O3Si/c1-11(18)16-13-9-12(17-20-13)15(5,6)10-19-21(7,8)14(2,3)4/h9H,10H2,1-8H3,(H,16,18). The second-order valence-electron chi connectivity index (χ2n) is 7.69. The Bertz CT molecular complexity index is 501. The number of anilines is 1. The Morgan fingerprint density at radius 1 is 1.33 bits per heavy atom. The van der Waals surface area contributed by atoms with Crippen LogP contribution in [-0.2, 0) is 14.6 Å². The van der Waals surface area contributed by atoms with Gasteiger partial charge in [-0.25, -0.2) is 0 Å². The van der Waals surface area contributed by atoms with Gasteiger partial charge in [0.1, 0.15) is 0 Å². The summed E-state index contributed by atoms with van der Waals surface area (Å²) >= 11 is 0. The molecule has 1 aromatic rings. The monoisotopic (exact) mass is 312 g/mol. The molecule has 1 heterocycles. The van der Waals surface area contributed by atoms with E-state index in [1.807, 2.05) is 0 Å². The van der Waals surface area contributed by atoms with Crippen molar-refractivity contribution in [2.45, 2.75) is 65.1 Å². The third-order valence-electron chi connectivity index (χ3n) is 4.10. The first-order chi connectivity index (χ1) is 9.35. The summed E-state index contributed by atoms with van der Waals surface area (Å²) in [5.74, 6) is 0.200. The maximum atomic E-state index is 11.0. The van der Waals surface area contributed by atoms with Gasteiger partial charge in [0.25, 0.3) is 0 Å². The summed E-state index contributed by atoms with van der Waals surface area (Å²) in [6.45, 7) is 17.3. The average Bonchev–Trinajstić information content (AvgIpc) is 2.73. The van der Waals surface area contributed by atoms with Crippen LogP contribution in [0.5, 0.6) is 0 Å². The first-order valence-corrected chi connectivity index (χ1v) is 10.1. The van der Waals surface area contributed by atoms with Crippen molar-refractivity contribution >= 4 is 20.1 Å². The van der Waals surface area contributed by atoms with Crippen LogP contribution >= 0.6 is 0 Å². The molecule has 0 bridgehead atoms. The van der Waals surface area contributed by atoms with E-state index in [1.165, 1.54) is 6.92 Å². The van der Waals surface area contributed by atoms with Gasteiger partial charge >= 0.3 is 0 Å². The molecule has 1 rings (SSSR count). The zero-order valence-corrected chi connectivity index (χ0v) is 15.5. The number of carbonyl (C=O) groups excluding carboxylic acids is 1. The van der Waals surface area contributed by atoms with E-state index in [-0.39, 0.29) is 16.4 Å². The number of carbonyl (C=O) groups is 1. The van der Waals surface area contributed by atoms with E-state index in [1.54, 1.807) is 6.07 Å². The molecular formula is C15H28N2O3Si. The molecule has 0 fully saturated rings. The maximum absolute atomic E-state index is 11.0. The highest BCUT2D eigenvalue weighted by Crippen LogP contribution is 2.38. The molecule has 0 spiro atoms. The van der Waals surface area contributed by atoms with Gasteiger partial charge in [-0.1, -0.05) is 39.8 Å². The number of hydrogen-bond acceptors (Lipinski definition) is 4. The molecule has 0 aromatic carbocycles. The molecule has 0 aliphatic rings. The largest absolute Gasteiger partial charge is 0.416 e. The summed E-state index contributed by atoms with van der Waals surface area (Å²) in [6.07, 6.45) is 0. The lowest BCUT2D eigenvalue weighted by molar-refractivity contribution is -0.114. The van der Waals surface area contributed by atoms with Gasteiger partial charge < -0.3 is 8.95 Å². The Kier molecular flexibility index (Phi) is 5.05. The summed E-state index contributed by atoms with van der Waals surface area (Å²) < 4.78 is 11.4. The Morgan fingerprint density at radius 2 is 1.90 bits per heavy atom. The van der Waals surface area contributed by atoms with Gasteiger partial charge in [-0.05, 0) is 18.1 Å². The van der Waals surface area contributed by atoms with Crippen LogP contribution in [-0.4, -0.2) is 26.0 Å². The van der Waals surface area contributed by atoms with E-state index < -0.39 is 8.32 Å². The molecule has 0 unspecified atom stereocenters. The zero-order valence-electron chi connectivity index (χ0n) is 14.5. The van der Waals surface area contributed by atoms with Gasteiger partial charge in [-0.2, -0.15) is 0 Å². The normalized spacial score (nSPS) is 13.3. The predicted octanol–water partition coefficient (Wildman–Crippen LogP) is 3.93. The minimum absolute atomic E-state index is 0.173. The summed E-state index contributed by atoms with van der Waals surface area (Å²) in [5, 5.41) is 6.82. The number of rotatable bonds is 5. The topological polar surface area (TPSA) is 64.4 Å². The predicted molar refractivity (Wildman–Crippen MR) is 87.0 cm³/mol. The molecule has 120 valence electrons. The summed E-state index contributed by atoms with van der Waals surface area (Å²) in [6, 6.07) is 1.76. The first kappa shape index (κ1) is 17.9. The van der Waals surface area contributed by atoms with Crippen LogP contribution in [0.2, 0.25) is 18.1 Å². The van der Waals surface area contributed by atoms with E-state index in [4.69, 9.17) is 8.95 Å². The SMILES string of the molecule is CC(=O)Nc1cc(C(C)(C)CO[Si](C)(C)C(C)(C)C)no1. The van der Waals surface area contributed by atoms with E-state index in [0.717, 1.165) is 5.69 Å². The fourth-order valence-corrected chi connectivity index (χ4v) is 2.63. The summed E-state index contributed by atoms with van der Waals surface area (Å²) in [5.41, 5.74) is 0.514. The lowest BCUT2D eigenvalue weighted by Crippen LogP contribution is -2.44. The molecular weight excluding hydrogens is 284 g/mol. The molecule has 0 aliphatic heterocycles. The second-order valence-corrected chi connectivity index (χ2v) is 12.5. The Hall–Kier alpha value is -1.14. The van der Waals surface area contributed by atoms with Gasteiger partial charge in [0.2, 0.25) is 11.8 Å². The molecule has 1 amide bonds. The molecule has 0 saturated carbocycles. The van der Waals surface area contributed by atoms with Crippen LogP contribution in [0.25, 0.3) is 0 Å². The molecule has 6 heteroatoms. The number of nitrogens with zero attached hydrogens (tertiary/aromatic N) is 1. The number of aromatic nitrogens is 1. The second kappa shape index (κ2) is 5.92. The van der Waals surface area contributed by atoms with Crippen molar-refractivity contribution in [1.29, 1.82) is 0 Å². The number of nitrogens with one attached hydrogen (secondary N) is 1. The van der Waals surface area contributed by atoms with E-state index in [2.05, 4.69) is 58.2 Å². The summed E-state index contributed by atoms with van der Waals surface area (Å²) in [4.78, 5) is 11.0. The van der Waals surface area contributed by atoms with Crippen molar-refractivity contribution in [3.63, 3.8) is 0 Å². The highest BCUT2D eigenvalue weighted by Gasteiger charge is 2.39. The van der Waals surface area contributed by atoms with Crippen LogP contribution in [0.4, 0.5) is 5.88 Å². The summed E-state index contributed by atoms with van der Waals surface area (Å²) in [7, 11) is -1.80. The van der Waals surface area contributed by atoms with Crippen LogP contribution in [0.15, 0.2) is 10.6 Å². The number of amides is 1. The van der Waals surface area contributed by atoms with Crippen LogP contribution in [0.1, 0.15) is 47.2 Å². The minimum atomic E-state index is -1.80. The Labute approximate surface area is 128 Å². The third-order valence-corrected chi connectivity index (χ3v) is 8.58. The first-order valence-electron chi connectivity index (χ1n) is 7.24. The Balaban J connectivity index is 2.77. The highest BCUT2D eigenvalue weighted by molar-refractivity contribution is 6.74. The zero-order chi connectivity index (χ0) is 16.5. The lowest BCUT2D eigenvalue weighted by Gasteiger charge is -2.38. The molecule has 5 nitrogen and oxygen atoms in total. The minimum Gasteiger partial charge on any atom is -0.416 e. The van der Waals surface area contributed by atoms with Gasteiger partial charge in [0.15, 0.2) is 8.32 Å². The van der Waals surface area contributed by atoms with Crippen LogP contribution in [0, 0.1) is 0 Å². The van der Waals surface area contributed by atoms with Gasteiger partial charge in [0.05, 0.1) is 5.69 Å². The molecule has 0 atom stereocenters. The van der Waals surface area contributed by atoms with Gasteiger partial charge in [-0.15, -0.1) is 0 Å². The van der Waals surface area contributed by atoms with Crippen molar-refractivity contribution < 1.29 is 13.7 Å². The molecule has 0 radical (unpaired) electrons. The van der Waals surface area contributed by atoms with Gasteiger partial charge in [-0.3, -0.25) is 10.1 Å². The fourth-order valence-electron chi connectivity index (χ4n) is 1.48. The van der Waals surface area contributed by atoms with Crippen molar-refractivity contribution in [3.05, 3.63) is 11.8 Å². The van der Waals surface area contributed by atoms with Crippen molar-refractivity contribution in [2.75, 3.05) is 11.9 Å². The van der Waals surface area contributed by atoms with Crippen molar-refractivity contribution in [3.8, 4) is 0 Å². The Morgan fingerprint density at radius 3 is 2.38 bits per heavy atom. The molecule has 1 aromatic heterocycles. The molecule has 0 aliphatic carbocycles. The van der Waals surface area contributed by atoms with Crippen LogP contribution < -0.4 is 5.32 Å². The van der Waals surface area contributed by atoms with E-state index >= 15 is 0 Å².